The fourth-order valence-electron chi connectivity index (χ4n) is 2.08. The minimum absolute atomic E-state index is 0.159. The first-order chi connectivity index (χ1) is 12.0. The predicted octanol–water partition coefficient (Wildman–Crippen LogP) is 2.60. The van der Waals surface area contributed by atoms with E-state index in [1.807, 2.05) is 0 Å². The van der Waals surface area contributed by atoms with Crippen LogP contribution in [0.15, 0.2) is 65.8 Å². The van der Waals surface area contributed by atoms with Crippen molar-refractivity contribution < 1.29 is 17.6 Å². The number of carbonyl (C=O) groups is 1. The third kappa shape index (κ3) is 3.83. The molecule has 0 aliphatic rings. The standard InChI is InChI=1S/C16H13FN4O3S/c17-11-6-8-12(9-7-11)19-15(22)14-10-18-20-16(14)25(23,24)21-13-4-2-1-3-5-13/h1-10,21H,(H,18,20)(H,19,22). The van der Waals surface area contributed by atoms with Crippen molar-refractivity contribution >= 4 is 27.3 Å². The van der Waals surface area contributed by atoms with Crippen molar-refractivity contribution in [3.05, 3.63) is 72.2 Å². The van der Waals surface area contributed by atoms with Crippen molar-refractivity contribution in [3.63, 3.8) is 0 Å². The minimum atomic E-state index is -4.03. The zero-order valence-corrected chi connectivity index (χ0v) is 13.5. The van der Waals surface area contributed by atoms with Gasteiger partial charge in [-0.2, -0.15) is 13.5 Å². The molecule has 3 rings (SSSR count). The second kappa shape index (κ2) is 6.73. The summed E-state index contributed by atoms with van der Waals surface area (Å²) in [7, 11) is -4.03. The third-order valence-electron chi connectivity index (χ3n) is 3.25. The fourth-order valence-corrected chi connectivity index (χ4v) is 3.24. The lowest BCUT2D eigenvalue weighted by atomic mass is 10.3. The topological polar surface area (TPSA) is 104 Å². The summed E-state index contributed by atoms with van der Waals surface area (Å²) in [4.78, 5) is 12.3. The minimum Gasteiger partial charge on any atom is -0.322 e. The maximum Gasteiger partial charge on any atom is 0.279 e. The van der Waals surface area contributed by atoms with Gasteiger partial charge >= 0.3 is 0 Å². The van der Waals surface area contributed by atoms with Gasteiger partial charge in [0, 0.05) is 11.4 Å². The summed E-state index contributed by atoms with van der Waals surface area (Å²) in [5.74, 6) is -1.13. The Bertz CT molecular complexity index is 986. The Hall–Kier alpha value is -3.20. The second-order valence-electron chi connectivity index (χ2n) is 5.05. The van der Waals surface area contributed by atoms with Crippen LogP contribution in [0.5, 0.6) is 0 Å². The number of rotatable bonds is 5. The number of benzene rings is 2. The van der Waals surface area contributed by atoms with Gasteiger partial charge in [0.1, 0.15) is 5.82 Å². The normalized spacial score (nSPS) is 11.1. The van der Waals surface area contributed by atoms with Crippen LogP contribution in [0.3, 0.4) is 0 Å². The number of aromatic nitrogens is 2. The molecule has 1 heterocycles. The summed E-state index contributed by atoms with van der Waals surface area (Å²) < 4.78 is 40.2. The van der Waals surface area contributed by atoms with Crippen molar-refractivity contribution in [3.8, 4) is 0 Å². The first kappa shape index (κ1) is 16.7. The molecule has 1 amide bonds. The lowest BCUT2D eigenvalue weighted by Gasteiger charge is -2.08. The van der Waals surface area contributed by atoms with E-state index < -0.39 is 21.7 Å². The fraction of sp³-hybridized carbons (Fsp3) is 0. The van der Waals surface area contributed by atoms with Crippen molar-refractivity contribution in [1.82, 2.24) is 10.2 Å². The SMILES string of the molecule is O=C(Nc1ccc(F)cc1)c1cn[nH]c1S(=O)(=O)Nc1ccccc1. The van der Waals surface area contributed by atoms with Crippen LogP contribution < -0.4 is 10.0 Å². The smallest absolute Gasteiger partial charge is 0.279 e. The Morgan fingerprint density at radius 3 is 2.36 bits per heavy atom. The zero-order chi connectivity index (χ0) is 17.9. The molecule has 7 nitrogen and oxygen atoms in total. The van der Waals surface area contributed by atoms with Gasteiger partial charge in [-0.25, -0.2) is 4.39 Å². The number of hydrogen-bond donors (Lipinski definition) is 3. The van der Waals surface area contributed by atoms with E-state index in [0.29, 0.717) is 11.4 Å². The highest BCUT2D eigenvalue weighted by Crippen LogP contribution is 2.19. The third-order valence-corrected chi connectivity index (χ3v) is 4.60. The van der Waals surface area contributed by atoms with Crippen molar-refractivity contribution in [2.24, 2.45) is 0 Å². The first-order valence-electron chi connectivity index (χ1n) is 7.14. The summed E-state index contributed by atoms with van der Waals surface area (Å²) in [6, 6.07) is 13.3. The molecule has 0 aliphatic heterocycles. The molecule has 2 aromatic carbocycles. The highest BCUT2D eigenvalue weighted by Gasteiger charge is 2.25. The zero-order valence-electron chi connectivity index (χ0n) is 12.7. The van der Waals surface area contributed by atoms with E-state index in [9.17, 15) is 17.6 Å². The number of amides is 1. The summed E-state index contributed by atoms with van der Waals surface area (Å²) in [5, 5.41) is 8.09. The quantitative estimate of drug-likeness (QED) is 0.650. The van der Waals surface area contributed by atoms with Crippen molar-refractivity contribution in [2.45, 2.75) is 5.03 Å². The van der Waals surface area contributed by atoms with Crippen LogP contribution in [-0.4, -0.2) is 24.5 Å². The molecule has 0 unspecified atom stereocenters. The number of para-hydroxylation sites is 1. The van der Waals surface area contributed by atoms with Crippen LogP contribution in [0, 0.1) is 5.82 Å². The molecule has 128 valence electrons. The van der Waals surface area contributed by atoms with Gasteiger partial charge in [0.25, 0.3) is 15.9 Å². The average molecular weight is 360 g/mol. The van der Waals surface area contributed by atoms with Crippen LogP contribution >= 0.6 is 0 Å². The van der Waals surface area contributed by atoms with E-state index in [1.54, 1.807) is 30.3 Å². The molecule has 0 saturated carbocycles. The Balaban J connectivity index is 1.84. The molecule has 25 heavy (non-hydrogen) atoms. The van der Waals surface area contributed by atoms with Gasteiger partial charge in [-0.1, -0.05) is 18.2 Å². The Morgan fingerprint density at radius 2 is 1.68 bits per heavy atom. The molecule has 0 fully saturated rings. The largest absolute Gasteiger partial charge is 0.322 e. The van der Waals surface area contributed by atoms with Crippen LogP contribution in [0.4, 0.5) is 15.8 Å². The number of hydrogen-bond acceptors (Lipinski definition) is 4. The maximum absolute atomic E-state index is 12.9. The number of sulfonamides is 1. The Kier molecular flexibility index (Phi) is 4.48. The Morgan fingerprint density at radius 1 is 1.00 bits per heavy atom. The number of H-pyrrole nitrogens is 1. The number of aromatic amines is 1. The van der Waals surface area contributed by atoms with Gasteiger partial charge in [0.2, 0.25) is 0 Å². The van der Waals surface area contributed by atoms with E-state index in [2.05, 4.69) is 20.2 Å². The molecule has 3 N–H and O–H groups in total. The predicted molar refractivity (Wildman–Crippen MR) is 90.2 cm³/mol. The molecule has 9 heteroatoms. The van der Waals surface area contributed by atoms with Crippen LogP contribution in [-0.2, 0) is 10.0 Å². The van der Waals surface area contributed by atoms with Crippen LogP contribution in [0.2, 0.25) is 0 Å². The lowest BCUT2D eigenvalue weighted by molar-refractivity contribution is 0.102. The van der Waals surface area contributed by atoms with Crippen molar-refractivity contribution in [2.75, 3.05) is 10.0 Å². The first-order valence-corrected chi connectivity index (χ1v) is 8.62. The summed E-state index contributed by atoms with van der Waals surface area (Å²) >= 11 is 0. The molecule has 0 radical (unpaired) electrons. The van der Waals surface area contributed by atoms with E-state index in [4.69, 9.17) is 0 Å². The molecule has 0 atom stereocenters. The molecule has 0 spiro atoms. The molecular formula is C16H13FN4O3S. The maximum atomic E-state index is 12.9. The van der Waals surface area contributed by atoms with Crippen LogP contribution in [0.1, 0.15) is 10.4 Å². The van der Waals surface area contributed by atoms with Gasteiger partial charge < -0.3 is 5.32 Å². The van der Waals surface area contributed by atoms with E-state index in [0.717, 1.165) is 6.20 Å². The van der Waals surface area contributed by atoms with Gasteiger partial charge in [-0.15, -0.1) is 0 Å². The highest BCUT2D eigenvalue weighted by molar-refractivity contribution is 7.92. The summed E-state index contributed by atoms with van der Waals surface area (Å²) in [6.45, 7) is 0. The molecule has 0 aliphatic carbocycles. The van der Waals surface area contributed by atoms with E-state index in [1.165, 1.54) is 24.3 Å². The number of nitrogens with zero attached hydrogens (tertiary/aromatic N) is 1. The number of halogens is 1. The molecule has 3 aromatic rings. The summed E-state index contributed by atoms with van der Waals surface area (Å²) in [6.07, 6.45) is 1.11. The average Bonchev–Trinajstić information content (AvgIpc) is 3.08. The number of carbonyl (C=O) groups excluding carboxylic acids is 1. The van der Waals surface area contributed by atoms with Crippen molar-refractivity contribution in [1.29, 1.82) is 0 Å². The molecule has 0 saturated heterocycles. The monoisotopic (exact) mass is 360 g/mol. The van der Waals surface area contributed by atoms with Gasteiger partial charge in [-0.05, 0) is 36.4 Å². The van der Waals surface area contributed by atoms with Gasteiger partial charge in [0.15, 0.2) is 5.03 Å². The Labute approximate surface area is 142 Å². The molecular weight excluding hydrogens is 347 g/mol. The van der Waals surface area contributed by atoms with E-state index >= 15 is 0 Å². The lowest BCUT2D eigenvalue weighted by Crippen LogP contribution is -2.19. The number of nitrogens with one attached hydrogen (secondary N) is 3. The van der Waals surface area contributed by atoms with Gasteiger partial charge in [-0.3, -0.25) is 14.6 Å². The number of anilines is 2. The molecule has 1 aromatic heterocycles. The van der Waals surface area contributed by atoms with E-state index in [-0.39, 0.29) is 10.6 Å². The second-order valence-corrected chi connectivity index (χ2v) is 6.66. The summed E-state index contributed by atoms with van der Waals surface area (Å²) in [5.41, 5.74) is 0.515. The van der Waals surface area contributed by atoms with Crippen LogP contribution in [0.25, 0.3) is 0 Å². The molecule has 0 bridgehead atoms. The van der Waals surface area contributed by atoms with Gasteiger partial charge in [0.05, 0.1) is 11.8 Å². The highest BCUT2D eigenvalue weighted by atomic mass is 32.2.